The van der Waals surface area contributed by atoms with Gasteiger partial charge in [0.1, 0.15) is 18.2 Å². The summed E-state index contributed by atoms with van der Waals surface area (Å²) in [6, 6.07) is 12.5. The molecule has 25 heavy (non-hydrogen) atoms. The first kappa shape index (κ1) is 18.6. The summed E-state index contributed by atoms with van der Waals surface area (Å²) < 4.78 is 18.5. The number of hydrogen-bond donors (Lipinski definition) is 0. The molecule has 0 unspecified atom stereocenters. The number of nitrogens with zero attached hydrogens (tertiary/aromatic N) is 1. The van der Waals surface area contributed by atoms with Crippen LogP contribution >= 0.6 is 0 Å². The van der Waals surface area contributed by atoms with Crippen LogP contribution in [0.3, 0.4) is 0 Å². The molecular formula is C21H22FNO2. The van der Waals surface area contributed by atoms with E-state index in [1.807, 2.05) is 25.3 Å². The third-order valence-corrected chi connectivity index (χ3v) is 3.59. The molecule has 0 saturated heterocycles. The Balaban J connectivity index is 1.85. The van der Waals surface area contributed by atoms with Crippen LogP contribution < -0.4 is 4.74 Å². The zero-order valence-corrected chi connectivity index (χ0v) is 14.3. The van der Waals surface area contributed by atoms with Crippen molar-refractivity contribution < 1.29 is 13.9 Å². The average molecular weight is 339 g/mol. The lowest BCUT2D eigenvalue weighted by Crippen LogP contribution is -2.17. The smallest absolute Gasteiger partial charge is 0.193 e. The molecule has 0 atom stereocenters. The molecule has 2 aromatic rings. The number of hydrogen-bond acceptors (Lipinski definition) is 3. The standard InChI is InChI=1S/C21H22FNO2/c1-3-14-23(2)15-4-5-16-25-20-12-8-18(9-13-20)21(24)17-6-10-19(22)11-7-17/h3-13H,1,14-16H2,2H3. The quantitative estimate of drug-likeness (QED) is 0.509. The molecule has 130 valence electrons. The van der Waals surface area contributed by atoms with Crippen LogP contribution in [0.1, 0.15) is 15.9 Å². The van der Waals surface area contributed by atoms with E-state index in [1.54, 1.807) is 24.3 Å². The fraction of sp³-hybridized carbons (Fsp3) is 0.190. The molecule has 0 N–H and O–H groups in total. The van der Waals surface area contributed by atoms with E-state index in [9.17, 15) is 9.18 Å². The Hall–Kier alpha value is -2.72. The summed E-state index contributed by atoms with van der Waals surface area (Å²) in [5.74, 6) is 0.195. The summed E-state index contributed by atoms with van der Waals surface area (Å²) in [5.41, 5.74) is 1.00. The van der Waals surface area contributed by atoms with Gasteiger partial charge in [0.25, 0.3) is 0 Å². The fourth-order valence-electron chi connectivity index (χ4n) is 2.23. The van der Waals surface area contributed by atoms with Crippen LogP contribution in [-0.2, 0) is 0 Å². The van der Waals surface area contributed by atoms with E-state index in [0.29, 0.717) is 23.5 Å². The predicted molar refractivity (Wildman–Crippen MR) is 98.6 cm³/mol. The third-order valence-electron chi connectivity index (χ3n) is 3.59. The lowest BCUT2D eigenvalue weighted by atomic mass is 10.0. The van der Waals surface area contributed by atoms with Gasteiger partial charge in [0.15, 0.2) is 5.78 Å². The molecule has 0 bridgehead atoms. The summed E-state index contributed by atoms with van der Waals surface area (Å²) in [6.45, 7) is 5.84. The van der Waals surface area contributed by atoms with E-state index >= 15 is 0 Å². The molecular weight excluding hydrogens is 317 g/mol. The molecule has 0 spiro atoms. The van der Waals surface area contributed by atoms with Gasteiger partial charge < -0.3 is 4.74 Å². The number of carbonyl (C=O) groups excluding carboxylic acids is 1. The summed E-state index contributed by atoms with van der Waals surface area (Å²) >= 11 is 0. The number of ketones is 1. The van der Waals surface area contributed by atoms with E-state index < -0.39 is 0 Å². The molecule has 0 amide bonds. The van der Waals surface area contributed by atoms with Gasteiger partial charge in [-0.25, -0.2) is 4.39 Å². The zero-order chi connectivity index (χ0) is 18.1. The van der Waals surface area contributed by atoms with Crippen LogP contribution in [0.5, 0.6) is 5.75 Å². The zero-order valence-electron chi connectivity index (χ0n) is 14.3. The number of carbonyl (C=O) groups is 1. The van der Waals surface area contributed by atoms with Crippen molar-refractivity contribution in [2.45, 2.75) is 0 Å². The Morgan fingerprint density at radius 3 is 2.24 bits per heavy atom. The molecule has 3 nitrogen and oxygen atoms in total. The summed E-state index contributed by atoms with van der Waals surface area (Å²) in [6.07, 6.45) is 5.85. The van der Waals surface area contributed by atoms with Gasteiger partial charge in [0.2, 0.25) is 0 Å². The molecule has 0 heterocycles. The highest BCUT2D eigenvalue weighted by Gasteiger charge is 2.09. The summed E-state index contributed by atoms with van der Waals surface area (Å²) in [5, 5.41) is 0. The number of likely N-dealkylation sites (N-methyl/N-ethyl adjacent to an activating group) is 1. The average Bonchev–Trinajstić information content (AvgIpc) is 2.62. The first-order valence-corrected chi connectivity index (χ1v) is 8.07. The van der Waals surface area contributed by atoms with Crippen molar-refractivity contribution in [1.29, 1.82) is 0 Å². The molecule has 0 fully saturated rings. The van der Waals surface area contributed by atoms with Crippen LogP contribution in [-0.4, -0.2) is 37.4 Å². The van der Waals surface area contributed by atoms with E-state index in [0.717, 1.165) is 13.1 Å². The molecule has 0 aliphatic carbocycles. The highest BCUT2D eigenvalue weighted by Crippen LogP contribution is 2.16. The second kappa shape index (κ2) is 9.55. The fourth-order valence-corrected chi connectivity index (χ4v) is 2.23. The predicted octanol–water partition coefficient (Wildman–Crippen LogP) is 4.11. The SMILES string of the molecule is C=CCN(C)CC=CCOc1ccc(C(=O)c2ccc(F)cc2)cc1. The van der Waals surface area contributed by atoms with Crippen LogP contribution in [0, 0.1) is 5.82 Å². The molecule has 2 aromatic carbocycles. The van der Waals surface area contributed by atoms with Crippen molar-refractivity contribution in [3.05, 3.63) is 90.3 Å². The van der Waals surface area contributed by atoms with Crippen LogP contribution in [0.25, 0.3) is 0 Å². The van der Waals surface area contributed by atoms with Gasteiger partial charge in [-0.2, -0.15) is 0 Å². The maximum atomic E-state index is 12.9. The van der Waals surface area contributed by atoms with E-state index in [-0.39, 0.29) is 11.6 Å². The summed E-state index contributed by atoms with van der Waals surface area (Å²) in [4.78, 5) is 14.4. The number of ether oxygens (including phenoxy) is 1. The van der Waals surface area contributed by atoms with Crippen molar-refractivity contribution in [2.24, 2.45) is 0 Å². The topological polar surface area (TPSA) is 29.5 Å². The Bertz CT molecular complexity index is 721. The van der Waals surface area contributed by atoms with Gasteiger partial charge in [0.05, 0.1) is 0 Å². The molecule has 2 rings (SSSR count). The first-order chi connectivity index (χ1) is 12.1. The molecule has 0 aliphatic heterocycles. The van der Waals surface area contributed by atoms with Gasteiger partial charge in [-0.15, -0.1) is 6.58 Å². The minimum Gasteiger partial charge on any atom is -0.490 e. The molecule has 0 aromatic heterocycles. The van der Waals surface area contributed by atoms with E-state index in [4.69, 9.17) is 4.74 Å². The molecule has 0 aliphatic rings. The highest BCUT2D eigenvalue weighted by molar-refractivity contribution is 6.08. The molecule has 0 radical (unpaired) electrons. The van der Waals surface area contributed by atoms with Crippen molar-refractivity contribution in [2.75, 3.05) is 26.7 Å². The lowest BCUT2D eigenvalue weighted by molar-refractivity contribution is 0.103. The van der Waals surface area contributed by atoms with Gasteiger partial charge in [-0.3, -0.25) is 9.69 Å². The normalized spacial score (nSPS) is 11.0. The van der Waals surface area contributed by atoms with Crippen molar-refractivity contribution in [1.82, 2.24) is 4.90 Å². The van der Waals surface area contributed by atoms with Gasteiger partial charge in [-0.05, 0) is 55.6 Å². The van der Waals surface area contributed by atoms with Gasteiger partial charge in [-0.1, -0.05) is 18.2 Å². The Kier molecular flexibility index (Phi) is 7.11. The second-order valence-electron chi connectivity index (χ2n) is 5.65. The number of benzene rings is 2. The van der Waals surface area contributed by atoms with Crippen LogP contribution in [0.2, 0.25) is 0 Å². The molecule has 0 saturated carbocycles. The Labute approximate surface area is 148 Å². The summed E-state index contributed by atoms with van der Waals surface area (Å²) in [7, 11) is 2.02. The Morgan fingerprint density at radius 2 is 1.64 bits per heavy atom. The van der Waals surface area contributed by atoms with Crippen molar-refractivity contribution >= 4 is 5.78 Å². The maximum absolute atomic E-state index is 12.9. The van der Waals surface area contributed by atoms with E-state index in [2.05, 4.69) is 11.5 Å². The Morgan fingerprint density at radius 1 is 1.04 bits per heavy atom. The van der Waals surface area contributed by atoms with E-state index in [1.165, 1.54) is 24.3 Å². The maximum Gasteiger partial charge on any atom is 0.193 e. The third kappa shape index (κ3) is 6.01. The van der Waals surface area contributed by atoms with Crippen LogP contribution in [0.15, 0.2) is 73.3 Å². The minimum absolute atomic E-state index is 0.142. The van der Waals surface area contributed by atoms with Gasteiger partial charge >= 0.3 is 0 Å². The number of halogens is 1. The highest BCUT2D eigenvalue weighted by atomic mass is 19.1. The first-order valence-electron chi connectivity index (χ1n) is 8.07. The monoisotopic (exact) mass is 339 g/mol. The largest absolute Gasteiger partial charge is 0.490 e. The number of rotatable bonds is 9. The van der Waals surface area contributed by atoms with Crippen molar-refractivity contribution in [3.63, 3.8) is 0 Å². The lowest BCUT2D eigenvalue weighted by Gasteiger charge is -2.10. The van der Waals surface area contributed by atoms with Crippen molar-refractivity contribution in [3.8, 4) is 5.75 Å². The minimum atomic E-state index is -0.357. The van der Waals surface area contributed by atoms with Gasteiger partial charge in [0, 0.05) is 24.2 Å². The second-order valence-corrected chi connectivity index (χ2v) is 5.65. The van der Waals surface area contributed by atoms with Crippen LogP contribution in [0.4, 0.5) is 4.39 Å². The molecule has 4 heteroatoms.